The van der Waals surface area contributed by atoms with Crippen LogP contribution in [-0.2, 0) is 28.6 Å². The molecule has 0 heterocycles. The summed E-state index contributed by atoms with van der Waals surface area (Å²) in [6.45, 7) is 6.07. The highest BCUT2D eigenvalue weighted by atomic mass is 16.6. The van der Waals surface area contributed by atoms with Crippen LogP contribution in [0.3, 0.4) is 0 Å². The minimum absolute atomic E-state index is 0.126. The molecule has 0 aromatic rings. The van der Waals surface area contributed by atoms with Crippen LogP contribution in [0, 0.1) is 0 Å². The van der Waals surface area contributed by atoms with Crippen LogP contribution in [0.25, 0.3) is 0 Å². The van der Waals surface area contributed by atoms with Crippen molar-refractivity contribution in [3.8, 4) is 0 Å². The molecule has 0 aliphatic heterocycles. The zero-order chi connectivity index (χ0) is 27.0. The van der Waals surface area contributed by atoms with Gasteiger partial charge in [0.1, 0.15) is 18.8 Å². The fourth-order valence-electron chi connectivity index (χ4n) is 3.57. The second-order valence-corrected chi connectivity index (χ2v) is 9.30. The van der Waals surface area contributed by atoms with E-state index in [9.17, 15) is 19.5 Å². The first kappa shape index (κ1) is 34.1. The molecule has 2 unspecified atom stereocenters. The first-order valence-corrected chi connectivity index (χ1v) is 13.8. The number of esters is 3. The van der Waals surface area contributed by atoms with Crippen LogP contribution in [-0.4, -0.2) is 74.0 Å². The number of unbranched alkanes of at least 4 members (excludes halogenated alkanes) is 7. The number of ether oxygens (including phenoxy) is 3. The number of aliphatic hydroxyl groups is 1. The summed E-state index contributed by atoms with van der Waals surface area (Å²) in [5.74, 6) is -0.859. The zero-order valence-corrected chi connectivity index (χ0v) is 23.2. The van der Waals surface area contributed by atoms with E-state index in [2.05, 4.69) is 16.6 Å². The minimum Gasteiger partial charge on any atom is -0.469 e. The summed E-state index contributed by atoms with van der Waals surface area (Å²) in [6.07, 6.45) is 12.8. The lowest BCUT2D eigenvalue weighted by atomic mass is 10.0. The van der Waals surface area contributed by atoms with Gasteiger partial charge in [-0.2, -0.15) is 0 Å². The molecule has 0 fully saturated rings. The Bertz CT molecular complexity index is 609. The largest absolute Gasteiger partial charge is 0.469 e. The lowest BCUT2D eigenvalue weighted by Gasteiger charge is -2.21. The van der Waals surface area contributed by atoms with Gasteiger partial charge in [-0.05, 0) is 52.1 Å². The van der Waals surface area contributed by atoms with E-state index in [0.29, 0.717) is 32.4 Å². The van der Waals surface area contributed by atoms with E-state index in [1.165, 1.54) is 7.11 Å². The molecule has 0 radical (unpaired) electrons. The maximum atomic E-state index is 12.3. The Kier molecular flexibility index (Phi) is 22.2. The number of carbonyl (C=O) groups excluding carboxylic acids is 3. The average molecular weight is 514 g/mol. The SMILES string of the molecule is CCCCCC(OC(=O)CCCC(=O)OCCN(C)CC)C(O)C=CCCCCCCCC(=O)OC. The van der Waals surface area contributed by atoms with Crippen molar-refractivity contribution >= 4 is 17.9 Å². The van der Waals surface area contributed by atoms with Gasteiger partial charge < -0.3 is 24.2 Å². The van der Waals surface area contributed by atoms with Gasteiger partial charge in [0.25, 0.3) is 0 Å². The molecular formula is C28H51NO7. The van der Waals surface area contributed by atoms with Crippen molar-refractivity contribution in [1.29, 1.82) is 0 Å². The van der Waals surface area contributed by atoms with E-state index < -0.39 is 18.2 Å². The normalized spacial score (nSPS) is 13.1. The first-order chi connectivity index (χ1) is 17.3. The third-order valence-corrected chi connectivity index (χ3v) is 6.11. The molecule has 0 aliphatic rings. The Hall–Kier alpha value is -1.93. The van der Waals surface area contributed by atoms with E-state index in [0.717, 1.165) is 64.3 Å². The van der Waals surface area contributed by atoms with Crippen LogP contribution in [0.15, 0.2) is 12.2 Å². The topological polar surface area (TPSA) is 102 Å². The fourth-order valence-corrected chi connectivity index (χ4v) is 3.57. The summed E-state index contributed by atoms with van der Waals surface area (Å²) in [5.41, 5.74) is 0. The zero-order valence-electron chi connectivity index (χ0n) is 23.2. The molecule has 0 aromatic heterocycles. The molecule has 36 heavy (non-hydrogen) atoms. The van der Waals surface area contributed by atoms with Gasteiger partial charge in [-0.1, -0.05) is 58.1 Å². The molecular weight excluding hydrogens is 462 g/mol. The van der Waals surface area contributed by atoms with E-state index in [1.54, 1.807) is 6.08 Å². The quantitative estimate of drug-likeness (QED) is 0.0885. The van der Waals surface area contributed by atoms with Gasteiger partial charge in [-0.3, -0.25) is 14.4 Å². The van der Waals surface area contributed by atoms with Crippen LogP contribution in [0.1, 0.15) is 104 Å². The smallest absolute Gasteiger partial charge is 0.306 e. The van der Waals surface area contributed by atoms with Gasteiger partial charge in [0, 0.05) is 25.8 Å². The standard InChI is InChI=1S/C28H51NO7/c1-5-7-13-18-25(24(30)17-14-11-9-8-10-12-15-19-26(31)34-4)36-28(33)21-16-20-27(32)35-23-22-29(3)6-2/h14,17,24-25,30H,5-13,15-16,18-23H2,1-4H3. The lowest BCUT2D eigenvalue weighted by Crippen LogP contribution is -2.30. The van der Waals surface area contributed by atoms with Crippen molar-refractivity contribution in [3.63, 3.8) is 0 Å². The summed E-state index contributed by atoms with van der Waals surface area (Å²) >= 11 is 0. The highest BCUT2D eigenvalue weighted by Crippen LogP contribution is 2.15. The van der Waals surface area contributed by atoms with Gasteiger partial charge >= 0.3 is 17.9 Å². The van der Waals surface area contributed by atoms with Gasteiger partial charge in [0.15, 0.2) is 0 Å². The minimum atomic E-state index is -0.841. The Morgan fingerprint density at radius 3 is 2.22 bits per heavy atom. The first-order valence-electron chi connectivity index (χ1n) is 13.8. The predicted molar refractivity (Wildman–Crippen MR) is 141 cm³/mol. The Labute approximate surface area is 218 Å². The fraction of sp³-hybridized carbons (Fsp3) is 0.821. The Morgan fingerprint density at radius 1 is 0.861 bits per heavy atom. The molecule has 1 N–H and O–H groups in total. The number of carbonyl (C=O) groups is 3. The maximum absolute atomic E-state index is 12.3. The summed E-state index contributed by atoms with van der Waals surface area (Å²) in [6, 6.07) is 0. The van der Waals surface area contributed by atoms with Crippen LogP contribution in [0.4, 0.5) is 0 Å². The Balaban J connectivity index is 4.26. The summed E-state index contributed by atoms with van der Waals surface area (Å²) in [7, 11) is 3.37. The molecule has 210 valence electrons. The molecule has 0 aliphatic carbocycles. The van der Waals surface area contributed by atoms with Crippen LogP contribution >= 0.6 is 0 Å². The molecule has 2 atom stereocenters. The molecule has 0 aromatic carbocycles. The van der Waals surface area contributed by atoms with Crippen molar-refractivity contribution in [3.05, 3.63) is 12.2 Å². The summed E-state index contributed by atoms with van der Waals surface area (Å²) in [5, 5.41) is 10.6. The molecule has 0 saturated carbocycles. The average Bonchev–Trinajstić information content (AvgIpc) is 2.86. The number of hydrogen-bond donors (Lipinski definition) is 1. The van der Waals surface area contributed by atoms with Crippen molar-refractivity contribution in [1.82, 2.24) is 4.90 Å². The van der Waals surface area contributed by atoms with Crippen molar-refractivity contribution in [2.75, 3.05) is 33.9 Å². The number of allylic oxidation sites excluding steroid dienone is 1. The number of rotatable bonds is 23. The van der Waals surface area contributed by atoms with Gasteiger partial charge in [0.2, 0.25) is 0 Å². The number of hydrogen-bond acceptors (Lipinski definition) is 8. The van der Waals surface area contributed by atoms with Crippen LogP contribution in [0.5, 0.6) is 0 Å². The predicted octanol–water partition coefficient (Wildman–Crippen LogP) is 4.96. The van der Waals surface area contributed by atoms with Crippen LogP contribution < -0.4 is 0 Å². The van der Waals surface area contributed by atoms with E-state index in [4.69, 9.17) is 9.47 Å². The van der Waals surface area contributed by atoms with Crippen molar-refractivity contribution in [2.24, 2.45) is 0 Å². The molecule has 8 heteroatoms. The molecule has 0 spiro atoms. The third-order valence-electron chi connectivity index (χ3n) is 6.11. The summed E-state index contributed by atoms with van der Waals surface area (Å²) in [4.78, 5) is 37.3. The molecule has 0 saturated heterocycles. The van der Waals surface area contributed by atoms with E-state index in [-0.39, 0.29) is 24.8 Å². The lowest BCUT2D eigenvalue weighted by molar-refractivity contribution is -0.154. The van der Waals surface area contributed by atoms with Gasteiger partial charge in [-0.15, -0.1) is 0 Å². The second kappa shape index (κ2) is 23.5. The highest BCUT2D eigenvalue weighted by molar-refractivity contribution is 5.72. The highest BCUT2D eigenvalue weighted by Gasteiger charge is 2.21. The molecule has 0 amide bonds. The van der Waals surface area contributed by atoms with Gasteiger partial charge in [-0.25, -0.2) is 0 Å². The van der Waals surface area contributed by atoms with Crippen molar-refractivity contribution < 1.29 is 33.7 Å². The number of nitrogens with zero attached hydrogens (tertiary/aromatic N) is 1. The molecule has 0 bridgehead atoms. The van der Waals surface area contributed by atoms with E-state index in [1.807, 2.05) is 20.0 Å². The monoisotopic (exact) mass is 513 g/mol. The van der Waals surface area contributed by atoms with Crippen molar-refractivity contribution in [2.45, 2.75) is 116 Å². The van der Waals surface area contributed by atoms with Crippen LogP contribution in [0.2, 0.25) is 0 Å². The van der Waals surface area contributed by atoms with Gasteiger partial charge in [0.05, 0.1) is 7.11 Å². The van der Waals surface area contributed by atoms with E-state index >= 15 is 0 Å². The summed E-state index contributed by atoms with van der Waals surface area (Å²) < 4.78 is 15.4. The maximum Gasteiger partial charge on any atom is 0.306 e. The molecule has 8 nitrogen and oxygen atoms in total. The number of aliphatic hydroxyl groups excluding tert-OH is 1. The number of methoxy groups -OCH3 is 1. The molecule has 0 rings (SSSR count). The Morgan fingerprint density at radius 2 is 1.53 bits per heavy atom. The number of likely N-dealkylation sites (N-methyl/N-ethyl adjacent to an activating group) is 1. The second-order valence-electron chi connectivity index (χ2n) is 9.30. The third kappa shape index (κ3) is 20.3.